The maximum Gasteiger partial charge on any atom is 0.225 e. The van der Waals surface area contributed by atoms with Gasteiger partial charge in [0, 0.05) is 25.2 Å². The molecular weight excluding hydrogens is 284 g/mol. The highest BCUT2D eigenvalue weighted by Gasteiger charge is 2.04. The van der Waals surface area contributed by atoms with Gasteiger partial charge in [0.05, 0.1) is 0 Å². The molecule has 2 rings (SSSR count). The minimum atomic E-state index is 0.0413. The van der Waals surface area contributed by atoms with E-state index in [1.165, 1.54) is 16.7 Å². The van der Waals surface area contributed by atoms with Crippen molar-refractivity contribution < 1.29 is 4.79 Å². The molecule has 23 heavy (non-hydrogen) atoms. The number of carbonyl (C=O) groups excluding carboxylic acids is 1. The van der Waals surface area contributed by atoms with Crippen molar-refractivity contribution in [1.82, 2.24) is 5.32 Å². The molecule has 122 valence electrons. The zero-order valence-corrected chi connectivity index (χ0v) is 14.2. The summed E-state index contributed by atoms with van der Waals surface area (Å²) in [6.45, 7) is 7.89. The lowest BCUT2D eigenvalue weighted by Gasteiger charge is -2.09. The normalized spacial score (nSPS) is 10.8. The lowest BCUT2D eigenvalue weighted by molar-refractivity contribution is -0.116. The number of carbonyl (C=O) groups is 1. The minimum Gasteiger partial charge on any atom is -0.326 e. The molecule has 3 heteroatoms. The summed E-state index contributed by atoms with van der Waals surface area (Å²) in [5.74, 6) is 0.546. The van der Waals surface area contributed by atoms with Crippen LogP contribution in [0.15, 0.2) is 48.5 Å². The molecule has 0 radical (unpaired) electrons. The van der Waals surface area contributed by atoms with Crippen molar-refractivity contribution in [3.63, 3.8) is 0 Å². The van der Waals surface area contributed by atoms with E-state index < -0.39 is 0 Å². The summed E-state index contributed by atoms with van der Waals surface area (Å²) in [5.41, 5.74) is 4.69. The van der Waals surface area contributed by atoms with Gasteiger partial charge in [0.15, 0.2) is 0 Å². The van der Waals surface area contributed by atoms with Crippen LogP contribution < -0.4 is 10.6 Å². The molecule has 0 heterocycles. The second-order valence-electron chi connectivity index (χ2n) is 6.18. The van der Waals surface area contributed by atoms with Gasteiger partial charge < -0.3 is 10.6 Å². The number of amides is 1. The molecule has 0 unspecified atom stereocenters. The van der Waals surface area contributed by atoms with Crippen molar-refractivity contribution in [2.75, 3.05) is 11.9 Å². The van der Waals surface area contributed by atoms with Crippen molar-refractivity contribution in [3.05, 3.63) is 65.2 Å². The molecule has 0 saturated heterocycles. The first-order valence-electron chi connectivity index (χ1n) is 8.21. The second-order valence-corrected chi connectivity index (χ2v) is 6.18. The first-order valence-corrected chi connectivity index (χ1v) is 8.21. The molecule has 0 aliphatic heterocycles. The molecule has 0 spiro atoms. The highest BCUT2D eigenvalue weighted by molar-refractivity contribution is 5.90. The standard InChI is InChI=1S/C20H26N2O/c1-15(2)17-8-10-19(11-9-17)22-20(23)12-13-21-14-18-7-5-4-6-16(18)3/h4-11,15,21H,12-14H2,1-3H3,(H,22,23). The molecule has 0 atom stereocenters. The van der Waals surface area contributed by atoms with Crippen LogP contribution in [0.25, 0.3) is 0 Å². The molecule has 0 aliphatic carbocycles. The SMILES string of the molecule is Cc1ccccc1CNCCC(=O)Nc1ccc(C(C)C)cc1. The number of hydrogen-bond donors (Lipinski definition) is 2. The van der Waals surface area contributed by atoms with E-state index >= 15 is 0 Å². The van der Waals surface area contributed by atoms with Gasteiger partial charge in [0.25, 0.3) is 0 Å². The molecule has 3 nitrogen and oxygen atoms in total. The van der Waals surface area contributed by atoms with E-state index in [9.17, 15) is 4.79 Å². The minimum absolute atomic E-state index is 0.0413. The zero-order chi connectivity index (χ0) is 16.7. The fourth-order valence-corrected chi connectivity index (χ4v) is 2.41. The number of nitrogens with one attached hydrogen (secondary N) is 2. The molecule has 0 saturated carbocycles. The van der Waals surface area contributed by atoms with Gasteiger partial charge >= 0.3 is 0 Å². The topological polar surface area (TPSA) is 41.1 Å². The highest BCUT2D eigenvalue weighted by Crippen LogP contribution is 2.17. The van der Waals surface area contributed by atoms with Gasteiger partial charge in [0.1, 0.15) is 0 Å². The van der Waals surface area contributed by atoms with Gasteiger partial charge in [-0.3, -0.25) is 4.79 Å². The summed E-state index contributed by atoms with van der Waals surface area (Å²) >= 11 is 0. The average molecular weight is 310 g/mol. The molecule has 0 aliphatic rings. The van der Waals surface area contributed by atoms with Crippen molar-refractivity contribution in [3.8, 4) is 0 Å². The Morgan fingerprint density at radius 2 is 1.74 bits per heavy atom. The van der Waals surface area contributed by atoms with E-state index in [0.29, 0.717) is 18.9 Å². The monoisotopic (exact) mass is 310 g/mol. The van der Waals surface area contributed by atoms with E-state index in [1.54, 1.807) is 0 Å². The first kappa shape index (κ1) is 17.2. The van der Waals surface area contributed by atoms with E-state index in [4.69, 9.17) is 0 Å². The Bertz CT molecular complexity index is 632. The largest absolute Gasteiger partial charge is 0.326 e. The van der Waals surface area contributed by atoms with Gasteiger partial charge in [-0.1, -0.05) is 50.2 Å². The van der Waals surface area contributed by atoms with Crippen LogP contribution in [0.1, 0.15) is 42.9 Å². The maximum absolute atomic E-state index is 12.0. The van der Waals surface area contributed by atoms with E-state index in [0.717, 1.165) is 12.2 Å². The molecule has 0 aromatic heterocycles. The lowest BCUT2D eigenvalue weighted by atomic mass is 10.0. The summed E-state index contributed by atoms with van der Waals surface area (Å²) in [6, 6.07) is 16.4. The van der Waals surface area contributed by atoms with Gasteiger partial charge in [-0.15, -0.1) is 0 Å². The van der Waals surface area contributed by atoms with Crippen LogP contribution in [0.3, 0.4) is 0 Å². The summed E-state index contributed by atoms with van der Waals surface area (Å²) < 4.78 is 0. The number of hydrogen-bond acceptors (Lipinski definition) is 2. The zero-order valence-electron chi connectivity index (χ0n) is 14.2. The van der Waals surface area contributed by atoms with Crippen molar-refractivity contribution in [2.24, 2.45) is 0 Å². The summed E-state index contributed by atoms with van der Waals surface area (Å²) in [5, 5.41) is 6.26. The van der Waals surface area contributed by atoms with Crippen LogP contribution in [0, 0.1) is 6.92 Å². The summed E-state index contributed by atoms with van der Waals surface area (Å²) in [4.78, 5) is 12.0. The van der Waals surface area contributed by atoms with Crippen molar-refractivity contribution >= 4 is 11.6 Å². The van der Waals surface area contributed by atoms with Gasteiger partial charge in [-0.05, 0) is 41.7 Å². The Morgan fingerprint density at radius 3 is 2.39 bits per heavy atom. The molecule has 2 aromatic rings. The molecule has 0 bridgehead atoms. The van der Waals surface area contributed by atoms with Crippen LogP contribution in [0.2, 0.25) is 0 Å². The molecule has 1 amide bonds. The Morgan fingerprint density at radius 1 is 1.04 bits per heavy atom. The van der Waals surface area contributed by atoms with Crippen LogP contribution in [0.5, 0.6) is 0 Å². The third kappa shape index (κ3) is 5.53. The van der Waals surface area contributed by atoms with Crippen LogP contribution in [0.4, 0.5) is 5.69 Å². The quantitative estimate of drug-likeness (QED) is 0.751. The Hall–Kier alpha value is -2.13. The van der Waals surface area contributed by atoms with Crippen molar-refractivity contribution in [1.29, 1.82) is 0 Å². The molecule has 2 aromatic carbocycles. The Balaban J connectivity index is 1.72. The van der Waals surface area contributed by atoms with E-state index in [1.807, 2.05) is 24.3 Å². The third-order valence-corrected chi connectivity index (χ3v) is 3.97. The number of aryl methyl sites for hydroxylation is 1. The maximum atomic E-state index is 12.0. The van der Waals surface area contributed by atoms with Crippen molar-refractivity contribution in [2.45, 2.75) is 39.7 Å². The van der Waals surface area contributed by atoms with Crippen LogP contribution in [-0.2, 0) is 11.3 Å². The van der Waals surface area contributed by atoms with Crippen LogP contribution >= 0.6 is 0 Å². The van der Waals surface area contributed by atoms with Gasteiger partial charge in [-0.25, -0.2) is 0 Å². The highest BCUT2D eigenvalue weighted by atomic mass is 16.1. The molecular formula is C20H26N2O. The number of rotatable bonds is 7. The van der Waals surface area contributed by atoms with Gasteiger partial charge in [0.2, 0.25) is 5.91 Å². The van der Waals surface area contributed by atoms with Crippen LogP contribution in [-0.4, -0.2) is 12.5 Å². The number of benzene rings is 2. The third-order valence-electron chi connectivity index (χ3n) is 3.97. The number of anilines is 1. The predicted octanol–water partition coefficient (Wildman–Crippen LogP) is 4.24. The Labute approximate surface area is 139 Å². The Kier molecular flexibility index (Phi) is 6.36. The second kappa shape index (κ2) is 8.49. The molecule has 2 N–H and O–H groups in total. The van der Waals surface area contributed by atoms with Gasteiger partial charge in [-0.2, -0.15) is 0 Å². The smallest absolute Gasteiger partial charge is 0.225 e. The molecule has 0 fully saturated rings. The fourth-order valence-electron chi connectivity index (χ4n) is 2.41. The lowest BCUT2D eigenvalue weighted by Crippen LogP contribution is -2.21. The van der Waals surface area contributed by atoms with E-state index in [-0.39, 0.29) is 5.91 Å². The average Bonchev–Trinajstić information content (AvgIpc) is 2.53. The summed E-state index contributed by atoms with van der Waals surface area (Å²) in [6.07, 6.45) is 0.470. The summed E-state index contributed by atoms with van der Waals surface area (Å²) in [7, 11) is 0. The van der Waals surface area contributed by atoms with E-state index in [2.05, 4.69) is 55.7 Å². The predicted molar refractivity (Wildman–Crippen MR) is 96.7 cm³/mol. The first-order chi connectivity index (χ1) is 11.1. The fraction of sp³-hybridized carbons (Fsp3) is 0.350.